The molecule has 1 saturated heterocycles. The Morgan fingerprint density at radius 3 is 2.12 bits per heavy atom. The molecule has 24 heavy (non-hydrogen) atoms. The standard InChI is InChI=1S/C22H30N2/c1-22(14-15-23,21-10-6-3-7-11-21)24-16-12-20(13-17-24)18-19-8-4-2-5-9-19/h2-11,20H,12-18,23H2,1H3. The molecule has 1 fully saturated rings. The van der Waals surface area contributed by atoms with Gasteiger partial charge in [-0.25, -0.2) is 0 Å². The number of piperidine rings is 1. The van der Waals surface area contributed by atoms with Crippen LogP contribution in [0.2, 0.25) is 0 Å². The fourth-order valence-corrected chi connectivity index (χ4v) is 4.14. The van der Waals surface area contributed by atoms with Crippen LogP contribution in [0.5, 0.6) is 0 Å². The smallest absolute Gasteiger partial charge is 0.0444 e. The number of hydrogen-bond donors (Lipinski definition) is 1. The molecule has 1 aliphatic rings. The van der Waals surface area contributed by atoms with Crippen molar-refractivity contribution in [2.24, 2.45) is 11.7 Å². The zero-order valence-electron chi connectivity index (χ0n) is 14.8. The predicted molar refractivity (Wildman–Crippen MR) is 102 cm³/mol. The van der Waals surface area contributed by atoms with Gasteiger partial charge in [-0.2, -0.15) is 0 Å². The van der Waals surface area contributed by atoms with Gasteiger partial charge in [0.05, 0.1) is 0 Å². The normalized spacial score (nSPS) is 19.1. The summed E-state index contributed by atoms with van der Waals surface area (Å²) in [4.78, 5) is 2.66. The molecule has 2 aromatic carbocycles. The molecule has 0 bridgehead atoms. The molecular weight excluding hydrogens is 292 g/mol. The van der Waals surface area contributed by atoms with Crippen molar-refractivity contribution in [2.75, 3.05) is 19.6 Å². The lowest BCUT2D eigenvalue weighted by Crippen LogP contribution is -2.49. The summed E-state index contributed by atoms with van der Waals surface area (Å²) in [6.07, 6.45) is 4.79. The Labute approximate surface area is 146 Å². The van der Waals surface area contributed by atoms with Crippen molar-refractivity contribution in [3.05, 3.63) is 71.8 Å². The molecule has 2 nitrogen and oxygen atoms in total. The first-order valence-corrected chi connectivity index (χ1v) is 9.27. The van der Waals surface area contributed by atoms with E-state index in [1.807, 2.05) is 0 Å². The lowest BCUT2D eigenvalue weighted by atomic mass is 9.82. The van der Waals surface area contributed by atoms with Crippen molar-refractivity contribution >= 4 is 0 Å². The molecule has 3 rings (SSSR count). The van der Waals surface area contributed by atoms with E-state index in [-0.39, 0.29) is 5.54 Å². The van der Waals surface area contributed by atoms with Gasteiger partial charge in [0.1, 0.15) is 0 Å². The van der Waals surface area contributed by atoms with Crippen molar-refractivity contribution in [3.8, 4) is 0 Å². The summed E-state index contributed by atoms with van der Waals surface area (Å²) in [7, 11) is 0. The second-order valence-electron chi connectivity index (χ2n) is 7.30. The summed E-state index contributed by atoms with van der Waals surface area (Å²) in [5, 5.41) is 0. The first-order chi connectivity index (χ1) is 11.7. The first-order valence-electron chi connectivity index (χ1n) is 9.27. The van der Waals surface area contributed by atoms with Crippen LogP contribution in [-0.4, -0.2) is 24.5 Å². The third-order valence-electron chi connectivity index (χ3n) is 5.71. The van der Waals surface area contributed by atoms with E-state index in [0.717, 1.165) is 18.9 Å². The van der Waals surface area contributed by atoms with Crippen LogP contribution in [-0.2, 0) is 12.0 Å². The Morgan fingerprint density at radius 1 is 0.958 bits per heavy atom. The van der Waals surface area contributed by atoms with E-state index >= 15 is 0 Å². The maximum absolute atomic E-state index is 5.96. The molecular formula is C22H30N2. The van der Waals surface area contributed by atoms with E-state index in [1.165, 1.54) is 43.5 Å². The highest BCUT2D eigenvalue weighted by Gasteiger charge is 2.35. The van der Waals surface area contributed by atoms with Gasteiger partial charge in [-0.15, -0.1) is 0 Å². The van der Waals surface area contributed by atoms with Gasteiger partial charge in [-0.05, 0) is 69.3 Å². The minimum Gasteiger partial charge on any atom is -0.330 e. The van der Waals surface area contributed by atoms with E-state index in [2.05, 4.69) is 72.5 Å². The maximum atomic E-state index is 5.96. The van der Waals surface area contributed by atoms with Crippen LogP contribution in [0.1, 0.15) is 37.3 Å². The third kappa shape index (κ3) is 3.88. The fourth-order valence-electron chi connectivity index (χ4n) is 4.14. The van der Waals surface area contributed by atoms with Crippen LogP contribution in [0.25, 0.3) is 0 Å². The van der Waals surface area contributed by atoms with Crippen molar-refractivity contribution in [2.45, 2.75) is 38.1 Å². The molecule has 0 amide bonds. The number of nitrogens with zero attached hydrogens (tertiary/aromatic N) is 1. The largest absolute Gasteiger partial charge is 0.330 e. The Kier molecular flexibility index (Phi) is 5.70. The molecule has 128 valence electrons. The Hall–Kier alpha value is -1.64. The van der Waals surface area contributed by atoms with Crippen LogP contribution in [0.3, 0.4) is 0 Å². The lowest BCUT2D eigenvalue weighted by molar-refractivity contribution is 0.0546. The van der Waals surface area contributed by atoms with Crippen molar-refractivity contribution in [1.82, 2.24) is 4.90 Å². The SMILES string of the molecule is CC(CCN)(c1ccccc1)N1CCC(Cc2ccccc2)CC1. The first kappa shape index (κ1) is 17.2. The van der Waals surface area contributed by atoms with Gasteiger partial charge in [0.15, 0.2) is 0 Å². The number of hydrogen-bond acceptors (Lipinski definition) is 2. The highest BCUT2D eigenvalue weighted by Crippen LogP contribution is 2.35. The van der Waals surface area contributed by atoms with Gasteiger partial charge in [-0.1, -0.05) is 60.7 Å². The van der Waals surface area contributed by atoms with Crippen LogP contribution >= 0.6 is 0 Å². The fraction of sp³-hybridized carbons (Fsp3) is 0.455. The van der Waals surface area contributed by atoms with Gasteiger partial charge in [0.2, 0.25) is 0 Å². The number of nitrogens with two attached hydrogens (primary N) is 1. The molecule has 0 spiro atoms. The molecule has 2 aromatic rings. The lowest BCUT2D eigenvalue weighted by Gasteiger charge is -2.45. The minimum absolute atomic E-state index is 0.0632. The maximum Gasteiger partial charge on any atom is 0.0444 e. The molecule has 1 atom stereocenters. The van der Waals surface area contributed by atoms with Crippen molar-refractivity contribution < 1.29 is 0 Å². The molecule has 2 N–H and O–H groups in total. The quantitative estimate of drug-likeness (QED) is 0.863. The van der Waals surface area contributed by atoms with Crippen LogP contribution in [0.4, 0.5) is 0 Å². The zero-order valence-corrected chi connectivity index (χ0v) is 14.8. The summed E-state index contributed by atoms with van der Waals surface area (Å²) in [6.45, 7) is 5.44. The van der Waals surface area contributed by atoms with Gasteiger partial charge in [0, 0.05) is 5.54 Å². The molecule has 0 radical (unpaired) electrons. The van der Waals surface area contributed by atoms with E-state index in [4.69, 9.17) is 5.73 Å². The highest BCUT2D eigenvalue weighted by atomic mass is 15.2. The highest BCUT2D eigenvalue weighted by molar-refractivity contribution is 5.24. The molecule has 0 aromatic heterocycles. The van der Waals surface area contributed by atoms with Crippen LogP contribution in [0.15, 0.2) is 60.7 Å². The van der Waals surface area contributed by atoms with Crippen LogP contribution in [0, 0.1) is 5.92 Å². The summed E-state index contributed by atoms with van der Waals surface area (Å²) in [6, 6.07) is 21.8. The number of likely N-dealkylation sites (tertiary alicyclic amines) is 1. The second-order valence-corrected chi connectivity index (χ2v) is 7.30. The van der Waals surface area contributed by atoms with Crippen molar-refractivity contribution in [3.63, 3.8) is 0 Å². The van der Waals surface area contributed by atoms with E-state index in [0.29, 0.717) is 0 Å². The van der Waals surface area contributed by atoms with E-state index < -0.39 is 0 Å². The molecule has 0 aliphatic carbocycles. The van der Waals surface area contributed by atoms with Crippen molar-refractivity contribution in [1.29, 1.82) is 0 Å². The van der Waals surface area contributed by atoms with Crippen LogP contribution < -0.4 is 5.73 Å². The molecule has 2 heteroatoms. The predicted octanol–water partition coefficient (Wildman–Crippen LogP) is 4.21. The average Bonchev–Trinajstić information content (AvgIpc) is 2.64. The van der Waals surface area contributed by atoms with Gasteiger partial charge >= 0.3 is 0 Å². The topological polar surface area (TPSA) is 29.3 Å². The zero-order chi connectivity index (χ0) is 16.8. The minimum atomic E-state index is 0.0632. The Balaban J connectivity index is 1.65. The second kappa shape index (κ2) is 7.96. The summed E-state index contributed by atoms with van der Waals surface area (Å²) in [5.74, 6) is 0.807. The summed E-state index contributed by atoms with van der Waals surface area (Å²) in [5.41, 5.74) is 8.90. The molecule has 1 aliphatic heterocycles. The summed E-state index contributed by atoms with van der Waals surface area (Å²) >= 11 is 0. The van der Waals surface area contributed by atoms with E-state index in [9.17, 15) is 0 Å². The monoisotopic (exact) mass is 322 g/mol. The Morgan fingerprint density at radius 2 is 1.54 bits per heavy atom. The summed E-state index contributed by atoms with van der Waals surface area (Å²) < 4.78 is 0. The third-order valence-corrected chi connectivity index (χ3v) is 5.71. The Bertz CT molecular complexity index is 602. The number of rotatable bonds is 6. The average molecular weight is 322 g/mol. The van der Waals surface area contributed by atoms with Gasteiger partial charge in [-0.3, -0.25) is 4.90 Å². The van der Waals surface area contributed by atoms with Gasteiger partial charge < -0.3 is 5.73 Å². The molecule has 1 unspecified atom stereocenters. The molecule has 1 heterocycles. The molecule has 0 saturated carbocycles. The van der Waals surface area contributed by atoms with E-state index in [1.54, 1.807) is 0 Å². The van der Waals surface area contributed by atoms with Gasteiger partial charge in [0.25, 0.3) is 0 Å². The number of benzene rings is 2.